The molecule has 0 fully saturated rings. The maximum absolute atomic E-state index is 11.8. The van der Waals surface area contributed by atoms with Crippen molar-refractivity contribution in [3.05, 3.63) is 65.6 Å². The summed E-state index contributed by atoms with van der Waals surface area (Å²) in [5.41, 5.74) is 3.67. The minimum atomic E-state index is -3.21. The van der Waals surface area contributed by atoms with Crippen LogP contribution in [0.1, 0.15) is 23.7 Å². The number of benzene rings is 1. The minimum Gasteiger partial charge on any atom is -0.357 e. The standard InChI is InChI=1S/C21H27N5O2S/c1-4-22-21(23-11-10-18-15-26-12-6-5-7-20(26)25-18)24-14-17-8-9-19(16(2)13-17)29(3,27)28/h5-9,12-13,15H,4,10-11,14H2,1-3H3,(H2,22,23,24). The fourth-order valence-electron chi connectivity index (χ4n) is 3.15. The van der Waals surface area contributed by atoms with Gasteiger partial charge in [0.05, 0.1) is 17.1 Å². The van der Waals surface area contributed by atoms with Crippen molar-refractivity contribution in [2.45, 2.75) is 31.7 Å². The van der Waals surface area contributed by atoms with Gasteiger partial charge in [0, 0.05) is 38.2 Å². The molecule has 0 atom stereocenters. The Morgan fingerprint density at radius 2 is 2.03 bits per heavy atom. The molecule has 0 spiro atoms. The molecule has 0 aliphatic heterocycles. The lowest BCUT2D eigenvalue weighted by Gasteiger charge is -2.11. The van der Waals surface area contributed by atoms with Gasteiger partial charge in [0.25, 0.3) is 0 Å². The summed E-state index contributed by atoms with van der Waals surface area (Å²) >= 11 is 0. The Morgan fingerprint density at radius 1 is 1.21 bits per heavy atom. The van der Waals surface area contributed by atoms with Gasteiger partial charge in [-0.15, -0.1) is 0 Å². The van der Waals surface area contributed by atoms with Crippen LogP contribution >= 0.6 is 0 Å². The number of aromatic nitrogens is 2. The maximum atomic E-state index is 11.8. The number of nitrogens with zero attached hydrogens (tertiary/aromatic N) is 3. The molecule has 7 nitrogen and oxygen atoms in total. The Morgan fingerprint density at radius 3 is 2.72 bits per heavy atom. The first-order chi connectivity index (χ1) is 13.9. The number of fused-ring (bicyclic) bond motifs is 1. The first-order valence-corrected chi connectivity index (χ1v) is 11.5. The molecule has 1 aromatic carbocycles. The van der Waals surface area contributed by atoms with Gasteiger partial charge < -0.3 is 15.0 Å². The second-order valence-electron chi connectivity index (χ2n) is 6.94. The van der Waals surface area contributed by atoms with Gasteiger partial charge in [0.15, 0.2) is 15.8 Å². The van der Waals surface area contributed by atoms with Crippen molar-refractivity contribution in [2.75, 3.05) is 19.3 Å². The van der Waals surface area contributed by atoms with Gasteiger partial charge in [0.2, 0.25) is 0 Å². The van der Waals surface area contributed by atoms with E-state index in [1.54, 1.807) is 6.07 Å². The normalized spacial score (nSPS) is 12.3. The van der Waals surface area contributed by atoms with Crippen LogP contribution in [0.5, 0.6) is 0 Å². The largest absolute Gasteiger partial charge is 0.357 e. The summed E-state index contributed by atoms with van der Waals surface area (Å²) in [4.78, 5) is 9.57. The minimum absolute atomic E-state index is 0.364. The Kier molecular flexibility index (Phi) is 6.53. The van der Waals surface area contributed by atoms with E-state index in [1.165, 1.54) is 6.26 Å². The summed E-state index contributed by atoms with van der Waals surface area (Å²) in [6.45, 7) is 5.76. The molecule has 154 valence electrons. The van der Waals surface area contributed by atoms with Crippen LogP contribution in [0, 0.1) is 6.92 Å². The fraction of sp³-hybridized carbons (Fsp3) is 0.333. The smallest absolute Gasteiger partial charge is 0.191 e. The van der Waals surface area contributed by atoms with Crippen LogP contribution < -0.4 is 10.6 Å². The van der Waals surface area contributed by atoms with Crippen LogP contribution in [0.15, 0.2) is 58.7 Å². The van der Waals surface area contributed by atoms with Crippen LogP contribution in [-0.4, -0.2) is 43.1 Å². The quantitative estimate of drug-likeness (QED) is 0.459. The highest BCUT2D eigenvalue weighted by molar-refractivity contribution is 7.90. The van der Waals surface area contributed by atoms with E-state index in [9.17, 15) is 8.42 Å². The number of aliphatic imine (C=N–C) groups is 1. The second-order valence-corrected chi connectivity index (χ2v) is 8.93. The van der Waals surface area contributed by atoms with E-state index in [1.807, 2.05) is 61.0 Å². The third-order valence-electron chi connectivity index (χ3n) is 4.49. The molecule has 2 N–H and O–H groups in total. The molecule has 0 radical (unpaired) electrons. The van der Waals surface area contributed by atoms with Gasteiger partial charge in [-0.1, -0.05) is 18.2 Å². The highest BCUT2D eigenvalue weighted by Gasteiger charge is 2.10. The average Bonchev–Trinajstić information content (AvgIpc) is 3.08. The molecule has 0 saturated carbocycles. The summed E-state index contributed by atoms with van der Waals surface area (Å²) in [5.74, 6) is 0.723. The van der Waals surface area contributed by atoms with E-state index in [0.717, 1.165) is 41.4 Å². The predicted octanol–water partition coefficient (Wildman–Crippen LogP) is 2.34. The molecule has 0 aliphatic rings. The van der Waals surface area contributed by atoms with Gasteiger partial charge >= 0.3 is 0 Å². The molecule has 3 aromatic rings. The Balaban J connectivity index is 1.61. The highest BCUT2D eigenvalue weighted by Crippen LogP contribution is 2.17. The number of aryl methyl sites for hydroxylation is 1. The molecule has 0 amide bonds. The molecule has 29 heavy (non-hydrogen) atoms. The van der Waals surface area contributed by atoms with E-state index in [2.05, 4.69) is 20.6 Å². The predicted molar refractivity (Wildman–Crippen MR) is 116 cm³/mol. The lowest BCUT2D eigenvalue weighted by atomic mass is 10.1. The van der Waals surface area contributed by atoms with Gasteiger partial charge in [-0.05, 0) is 43.2 Å². The molecule has 0 bridgehead atoms. The van der Waals surface area contributed by atoms with Crippen molar-refractivity contribution in [3.63, 3.8) is 0 Å². The first-order valence-electron chi connectivity index (χ1n) is 9.61. The van der Waals surface area contributed by atoms with Gasteiger partial charge in [-0.3, -0.25) is 0 Å². The summed E-state index contributed by atoms with van der Waals surface area (Å²) in [6, 6.07) is 11.3. The zero-order chi connectivity index (χ0) is 20.9. The van der Waals surface area contributed by atoms with E-state index in [0.29, 0.717) is 18.0 Å². The van der Waals surface area contributed by atoms with Gasteiger partial charge in [0.1, 0.15) is 5.65 Å². The molecule has 2 heterocycles. The van der Waals surface area contributed by atoms with Crippen molar-refractivity contribution in [3.8, 4) is 0 Å². The molecule has 2 aromatic heterocycles. The fourth-order valence-corrected chi connectivity index (χ4v) is 4.11. The Labute approximate surface area is 171 Å². The summed E-state index contributed by atoms with van der Waals surface area (Å²) in [5, 5.41) is 6.56. The summed E-state index contributed by atoms with van der Waals surface area (Å²) in [6.07, 6.45) is 6.03. The van der Waals surface area contributed by atoms with E-state index >= 15 is 0 Å². The number of imidazole rings is 1. The van der Waals surface area contributed by atoms with Crippen LogP contribution in [0.3, 0.4) is 0 Å². The number of hydrogen-bond acceptors (Lipinski definition) is 4. The third-order valence-corrected chi connectivity index (χ3v) is 5.75. The SMILES string of the molecule is CCNC(=NCc1ccc(S(C)(=O)=O)c(C)c1)NCCc1cn2ccccc2n1. The zero-order valence-corrected chi connectivity index (χ0v) is 17.8. The lowest BCUT2D eigenvalue weighted by molar-refractivity contribution is 0.601. The number of hydrogen-bond donors (Lipinski definition) is 2. The van der Waals surface area contributed by atoms with Crippen molar-refractivity contribution in [1.29, 1.82) is 0 Å². The average molecular weight is 414 g/mol. The van der Waals surface area contributed by atoms with Crippen molar-refractivity contribution in [1.82, 2.24) is 20.0 Å². The van der Waals surface area contributed by atoms with Crippen molar-refractivity contribution >= 4 is 21.4 Å². The van der Waals surface area contributed by atoms with Crippen LogP contribution in [0.25, 0.3) is 5.65 Å². The van der Waals surface area contributed by atoms with E-state index in [-0.39, 0.29) is 0 Å². The number of pyridine rings is 1. The number of sulfone groups is 1. The van der Waals surface area contributed by atoms with Crippen LogP contribution in [0.4, 0.5) is 0 Å². The molecular formula is C21H27N5O2S. The highest BCUT2D eigenvalue weighted by atomic mass is 32.2. The van der Waals surface area contributed by atoms with E-state index < -0.39 is 9.84 Å². The monoisotopic (exact) mass is 413 g/mol. The van der Waals surface area contributed by atoms with Crippen LogP contribution in [0.2, 0.25) is 0 Å². The molecule has 0 aliphatic carbocycles. The van der Waals surface area contributed by atoms with Crippen LogP contribution in [-0.2, 0) is 22.8 Å². The second kappa shape index (κ2) is 9.09. The summed E-state index contributed by atoms with van der Waals surface area (Å²) < 4.78 is 25.5. The molecule has 3 rings (SSSR count). The third kappa shape index (κ3) is 5.57. The molecule has 0 saturated heterocycles. The number of rotatable bonds is 7. The number of nitrogens with one attached hydrogen (secondary N) is 2. The zero-order valence-electron chi connectivity index (χ0n) is 17.0. The molecular weight excluding hydrogens is 386 g/mol. The van der Waals surface area contributed by atoms with E-state index in [4.69, 9.17) is 0 Å². The maximum Gasteiger partial charge on any atom is 0.191 e. The topological polar surface area (TPSA) is 87.9 Å². The lowest BCUT2D eigenvalue weighted by Crippen LogP contribution is -2.38. The Hall–Kier alpha value is -2.87. The summed E-state index contributed by atoms with van der Waals surface area (Å²) in [7, 11) is -3.21. The molecule has 8 heteroatoms. The first kappa shape index (κ1) is 20.9. The molecule has 0 unspecified atom stereocenters. The van der Waals surface area contributed by atoms with Crippen molar-refractivity contribution < 1.29 is 8.42 Å². The number of guanidine groups is 1. The van der Waals surface area contributed by atoms with Gasteiger partial charge in [-0.2, -0.15) is 0 Å². The van der Waals surface area contributed by atoms with Gasteiger partial charge in [-0.25, -0.2) is 18.4 Å². The van der Waals surface area contributed by atoms with Crippen molar-refractivity contribution in [2.24, 2.45) is 4.99 Å². The Bertz CT molecular complexity index is 1090.